The number of nitrogens with one attached hydrogen (secondary N) is 1. The minimum atomic E-state index is -2.82. The molecule has 2 atom stereocenters. The van der Waals surface area contributed by atoms with E-state index in [-0.39, 0.29) is 5.75 Å². The van der Waals surface area contributed by atoms with Crippen molar-refractivity contribution in [3.05, 3.63) is 0 Å². The second kappa shape index (κ2) is 6.35. The lowest BCUT2D eigenvalue weighted by atomic mass is 9.66. The molecule has 2 aliphatic carbocycles. The first kappa shape index (κ1) is 16.3. The molecule has 0 aromatic rings. The maximum absolute atomic E-state index is 11.8. The quantitative estimate of drug-likeness (QED) is 0.786. The predicted octanol–water partition coefficient (Wildman–Crippen LogP) is 3.01. The third-order valence-corrected chi connectivity index (χ3v) is 6.90. The van der Waals surface area contributed by atoms with Crippen molar-refractivity contribution < 1.29 is 8.42 Å². The lowest BCUT2D eigenvalue weighted by Crippen LogP contribution is -2.37. The van der Waals surface area contributed by atoms with Crippen LogP contribution in [0.25, 0.3) is 0 Å². The van der Waals surface area contributed by atoms with E-state index in [9.17, 15) is 8.42 Å². The lowest BCUT2D eigenvalue weighted by Gasteiger charge is -2.41. The van der Waals surface area contributed by atoms with Crippen LogP contribution in [0.1, 0.15) is 59.3 Å². The van der Waals surface area contributed by atoms with Crippen molar-refractivity contribution in [2.45, 2.75) is 65.3 Å². The monoisotopic (exact) mass is 301 g/mol. The van der Waals surface area contributed by atoms with Crippen LogP contribution in [0.2, 0.25) is 0 Å². The zero-order valence-electron chi connectivity index (χ0n) is 13.3. The van der Waals surface area contributed by atoms with E-state index < -0.39 is 9.84 Å². The van der Waals surface area contributed by atoms with Crippen molar-refractivity contribution in [2.24, 2.45) is 17.3 Å². The van der Waals surface area contributed by atoms with E-state index in [2.05, 4.69) is 19.2 Å². The van der Waals surface area contributed by atoms with Crippen LogP contribution < -0.4 is 5.32 Å². The Morgan fingerprint density at radius 3 is 2.45 bits per heavy atom. The Kier molecular flexibility index (Phi) is 5.17. The smallest absolute Gasteiger partial charge is 0.150 e. The fraction of sp³-hybridized carbons (Fsp3) is 1.00. The fourth-order valence-corrected chi connectivity index (χ4v) is 4.43. The predicted molar refractivity (Wildman–Crippen MR) is 84.6 cm³/mol. The zero-order valence-corrected chi connectivity index (χ0v) is 14.1. The van der Waals surface area contributed by atoms with Gasteiger partial charge in [0.25, 0.3) is 0 Å². The molecule has 3 nitrogen and oxygen atoms in total. The molecule has 0 amide bonds. The number of hydrogen-bond acceptors (Lipinski definition) is 3. The Hall–Kier alpha value is -0.0900. The molecule has 0 spiro atoms. The van der Waals surface area contributed by atoms with Gasteiger partial charge in [0.1, 0.15) is 9.84 Å². The topological polar surface area (TPSA) is 46.2 Å². The summed E-state index contributed by atoms with van der Waals surface area (Å²) in [5.74, 6) is 1.92. The molecule has 2 aliphatic rings. The molecule has 0 bridgehead atoms. The van der Waals surface area contributed by atoms with Gasteiger partial charge in [-0.05, 0) is 62.3 Å². The molecule has 0 radical (unpaired) electrons. The van der Waals surface area contributed by atoms with Crippen molar-refractivity contribution in [1.29, 1.82) is 0 Å². The Morgan fingerprint density at radius 2 is 1.85 bits per heavy atom. The standard InChI is InChI=1S/C16H31NO2S/c1-4-20(18,19)10-8-13-11-16(2,3)9-7-14(13)12-17-15-5-6-15/h13-15,17H,4-12H2,1-3H3. The SMILES string of the molecule is CCS(=O)(=O)CCC1CC(C)(C)CCC1CNC1CC1. The van der Waals surface area contributed by atoms with Crippen LogP contribution in [0, 0.1) is 17.3 Å². The van der Waals surface area contributed by atoms with E-state index in [0.29, 0.717) is 23.0 Å². The fourth-order valence-electron chi connectivity index (χ4n) is 3.48. The van der Waals surface area contributed by atoms with Gasteiger partial charge >= 0.3 is 0 Å². The minimum absolute atomic E-state index is 0.286. The van der Waals surface area contributed by atoms with E-state index in [1.54, 1.807) is 6.92 Å². The summed E-state index contributed by atoms with van der Waals surface area (Å²) in [6.07, 6.45) is 7.23. The van der Waals surface area contributed by atoms with Gasteiger partial charge in [-0.3, -0.25) is 0 Å². The third kappa shape index (κ3) is 5.03. The maximum atomic E-state index is 11.8. The van der Waals surface area contributed by atoms with Crippen molar-refractivity contribution in [1.82, 2.24) is 5.32 Å². The van der Waals surface area contributed by atoms with Gasteiger partial charge in [0.05, 0.1) is 5.75 Å². The average Bonchev–Trinajstić information content (AvgIpc) is 3.19. The van der Waals surface area contributed by atoms with Gasteiger partial charge in [0.2, 0.25) is 0 Å². The van der Waals surface area contributed by atoms with Crippen LogP contribution in [-0.4, -0.2) is 32.5 Å². The van der Waals surface area contributed by atoms with E-state index in [4.69, 9.17) is 0 Å². The summed E-state index contributed by atoms with van der Waals surface area (Å²) in [6, 6.07) is 0.755. The summed E-state index contributed by atoms with van der Waals surface area (Å²) in [7, 11) is -2.82. The molecular formula is C16H31NO2S. The van der Waals surface area contributed by atoms with Crippen molar-refractivity contribution >= 4 is 9.84 Å². The maximum Gasteiger partial charge on any atom is 0.150 e. The summed E-state index contributed by atoms with van der Waals surface area (Å²) < 4.78 is 23.5. The van der Waals surface area contributed by atoms with E-state index in [0.717, 1.165) is 19.0 Å². The van der Waals surface area contributed by atoms with Gasteiger partial charge < -0.3 is 5.32 Å². The average molecular weight is 301 g/mol. The Bertz CT molecular complexity index is 410. The molecule has 2 fully saturated rings. The van der Waals surface area contributed by atoms with E-state index in [1.165, 1.54) is 32.1 Å². The van der Waals surface area contributed by atoms with Gasteiger partial charge in [-0.1, -0.05) is 20.8 Å². The van der Waals surface area contributed by atoms with Crippen LogP contribution in [0.4, 0.5) is 0 Å². The Labute approximate surface area is 124 Å². The number of hydrogen-bond donors (Lipinski definition) is 1. The molecule has 0 saturated heterocycles. The molecule has 0 heterocycles. The Balaban J connectivity index is 1.90. The highest BCUT2D eigenvalue weighted by molar-refractivity contribution is 7.91. The number of rotatable bonds is 7. The first-order valence-corrected chi connectivity index (χ1v) is 10.1. The summed E-state index contributed by atoms with van der Waals surface area (Å²) in [5, 5.41) is 3.65. The minimum Gasteiger partial charge on any atom is -0.314 e. The Morgan fingerprint density at radius 1 is 1.15 bits per heavy atom. The van der Waals surface area contributed by atoms with Gasteiger partial charge in [0, 0.05) is 11.8 Å². The molecule has 4 heteroatoms. The zero-order chi connectivity index (χ0) is 14.8. The van der Waals surface area contributed by atoms with Crippen molar-refractivity contribution in [2.75, 3.05) is 18.1 Å². The summed E-state index contributed by atoms with van der Waals surface area (Å²) in [5.41, 5.74) is 0.386. The summed E-state index contributed by atoms with van der Waals surface area (Å²) in [6.45, 7) is 7.52. The van der Waals surface area contributed by atoms with Crippen LogP contribution in [0.3, 0.4) is 0 Å². The largest absolute Gasteiger partial charge is 0.314 e. The molecular weight excluding hydrogens is 270 g/mol. The van der Waals surface area contributed by atoms with E-state index >= 15 is 0 Å². The molecule has 0 aromatic carbocycles. The van der Waals surface area contributed by atoms with Gasteiger partial charge in [-0.25, -0.2) is 8.42 Å². The molecule has 1 N–H and O–H groups in total. The van der Waals surface area contributed by atoms with Gasteiger partial charge in [-0.15, -0.1) is 0 Å². The molecule has 2 unspecified atom stereocenters. The van der Waals surface area contributed by atoms with Crippen LogP contribution in [-0.2, 0) is 9.84 Å². The van der Waals surface area contributed by atoms with E-state index in [1.807, 2.05) is 0 Å². The summed E-state index contributed by atoms with van der Waals surface area (Å²) >= 11 is 0. The highest BCUT2D eigenvalue weighted by Gasteiger charge is 2.35. The molecule has 2 saturated carbocycles. The molecule has 0 aromatic heterocycles. The first-order chi connectivity index (χ1) is 9.31. The van der Waals surface area contributed by atoms with Crippen LogP contribution >= 0.6 is 0 Å². The molecule has 20 heavy (non-hydrogen) atoms. The van der Waals surface area contributed by atoms with Gasteiger partial charge in [-0.2, -0.15) is 0 Å². The van der Waals surface area contributed by atoms with Crippen molar-refractivity contribution in [3.8, 4) is 0 Å². The molecule has 2 rings (SSSR count). The number of sulfone groups is 1. The van der Waals surface area contributed by atoms with Gasteiger partial charge in [0.15, 0.2) is 0 Å². The second-order valence-electron chi connectivity index (χ2n) is 7.63. The highest BCUT2D eigenvalue weighted by atomic mass is 32.2. The summed E-state index contributed by atoms with van der Waals surface area (Å²) in [4.78, 5) is 0. The molecule has 118 valence electrons. The second-order valence-corrected chi connectivity index (χ2v) is 10.1. The first-order valence-electron chi connectivity index (χ1n) is 8.25. The van der Waals surface area contributed by atoms with Crippen LogP contribution in [0.15, 0.2) is 0 Å². The molecule has 0 aliphatic heterocycles. The third-order valence-electron chi connectivity index (χ3n) is 5.16. The highest BCUT2D eigenvalue weighted by Crippen LogP contribution is 2.43. The van der Waals surface area contributed by atoms with Crippen molar-refractivity contribution in [3.63, 3.8) is 0 Å². The lowest BCUT2D eigenvalue weighted by molar-refractivity contribution is 0.113. The normalized spacial score (nSPS) is 30.4. The van der Waals surface area contributed by atoms with Crippen LogP contribution in [0.5, 0.6) is 0 Å².